The maximum Gasteiger partial charge on any atom is 0.251 e. The van der Waals surface area contributed by atoms with Gasteiger partial charge in [0.25, 0.3) is 5.91 Å². The average molecular weight is 310 g/mol. The van der Waals surface area contributed by atoms with Crippen LogP contribution in [0.15, 0.2) is 4.42 Å². The highest BCUT2D eigenvalue weighted by atomic mass is 16.5. The topological polar surface area (TPSA) is 112 Å². The molecule has 22 heavy (non-hydrogen) atoms. The van der Waals surface area contributed by atoms with E-state index >= 15 is 0 Å². The SMILES string of the molecule is CC(C)c1nnc(CCC(=O)N2CCO[C@@](C)(C(N)=O)C2)o1. The first-order chi connectivity index (χ1) is 10.3. The van der Waals surface area contributed by atoms with Gasteiger partial charge in [-0.3, -0.25) is 9.59 Å². The number of hydrogen-bond acceptors (Lipinski definition) is 6. The summed E-state index contributed by atoms with van der Waals surface area (Å²) in [4.78, 5) is 25.3. The van der Waals surface area contributed by atoms with E-state index in [0.29, 0.717) is 31.4 Å². The largest absolute Gasteiger partial charge is 0.425 e. The number of nitrogens with zero attached hydrogens (tertiary/aromatic N) is 3. The Hall–Kier alpha value is -1.96. The van der Waals surface area contributed by atoms with Crippen LogP contribution in [-0.4, -0.2) is 52.2 Å². The lowest BCUT2D eigenvalue weighted by Gasteiger charge is -2.38. The molecule has 0 aromatic carbocycles. The molecule has 8 heteroatoms. The van der Waals surface area contributed by atoms with Crippen molar-refractivity contribution in [1.29, 1.82) is 0 Å². The molecule has 0 aliphatic carbocycles. The van der Waals surface area contributed by atoms with Crippen molar-refractivity contribution in [2.45, 2.75) is 45.1 Å². The number of hydrogen-bond donors (Lipinski definition) is 1. The molecular formula is C14H22N4O4. The van der Waals surface area contributed by atoms with Gasteiger partial charge in [-0.05, 0) is 6.92 Å². The predicted molar refractivity (Wildman–Crippen MR) is 76.8 cm³/mol. The number of amides is 2. The van der Waals surface area contributed by atoms with Gasteiger partial charge in [0, 0.05) is 25.3 Å². The third kappa shape index (κ3) is 3.62. The van der Waals surface area contributed by atoms with Gasteiger partial charge in [-0.25, -0.2) is 0 Å². The van der Waals surface area contributed by atoms with Crippen molar-refractivity contribution < 1.29 is 18.7 Å². The van der Waals surface area contributed by atoms with Crippen LogP contribution in [0.3, 0.4) is 0 Å². The number of ether oxygens (including phenoxy) is 1. The van der Waals surface area contributed by atoms with Crippen LogP contribution in [0, 0.1) is 0 Å². The Balaban J connectivity index is 1.90. The molecule has 2 heterocycles. The Kier molecular flexibility index (Phi) is 4.80. The minimum Gasteiger partial charge on any atom is -0.425 e. The molecule has 2 rings (SSSR count). The first-order valence-corrected chi connectivity index (χ1v) is 7.36. The van der Waals surface area contributed by atoms with Crippen LogP contribution in [0.5, 0.6) is 0 Å². The molecule has 0 bridgehead atoms. The number of aryl methyl sites for hydroxylation is 1. The van der Waals surface area contributed by atoms with Gasteiger partial charge in [-0.2, -0.15) is 0 Å². The van der Waals surface area contributed by atoms with Gasteiger partial charge in [0.05, 0.1) is 13.2 Å². The Morgan fingerprint density at radius 2 is 2.14 bits per heavy atom. The summed E-state index contributed by atoms with van der Waals surface area (Å²) in [5, 5.41) is 7.85. The highest BCUT2D eigenvalue weighted by molar-refractivity contribution is 5.85. The second-order valence-electron chi connectivity index (χ2n) is 5.95. The van der Waals surface area contributed by atoms with E-state index in [0.717, 1.165) is 0 Å². The average Bonchev–Trinajstić information content (AvgIpc) is 2.93. The van der Waals surface area contributed by atoms with Crippen molar-refractivity contribution in [3.63, 3.8) is 0 Å². The lowest BCUT2D eigenvalue weighted by Crippen LogP contribution is -2.58. The summed E-state index contributed by atoms with van der Waals surface area (Å²) in [7, 11) is 0. The van der Waals surface area contributed by atoms with E-state index in [1.54, 1.807) is 11.8 Å². The second kappa shape index (κ2) is 6.43. The molecule has 8 nitrogen and oxygen atoms in total. The minimum absolute atomic E-state index is 0.0833. The van der Waals surface area contributed by atoms with Gasteiger partial charge in [-0.15, -0.1) is 10.2 Å². The Labute approximate surface area is 129 Å². The number of morpholine rings is 1. The monoisotopic (exact) mass is 310 g/mol. The highest BCUT2D eigenvalue weighted by Gasteiger charge is 2.39. The van der Waals surface area contributed by atoms with E-state index in [2.05, 4.69) is 10.2 Å². The van der Waals surface area contributed by atoms with Crippen molar-refractivity contribution in [3.8, 4) is 0 Å². The van der Waals surface area contributed by atoms with Crippen LogP contribution in [0.4, 0.5) is 0 Å². The van der Waals surface area contributed by atoms with Crippen LogP contribution in [0.2, 0.25) is 0 Å². The van der Waals surface area contributed by atoms with E-state index in [1.165, 1.54) is 0 Å². The van der Waals surface area contributed by atoms with Crippen molar-refractivity contribution in [2.24, 2.45) is 5.73 Å². The standard InChI is InChI=1S/C14H22N4O4/c1-9(2)12-17-16-10(22-12)4-5-11(19)18-6-7-21-14(3,8-18)13(15)20/h9H,4-8H2,1-3H3,(H2,15,20)/t14-/m1/s1. The van der Waals surface area contributed by atoms with Crippen molar-refractivity contribution in [3.05, 3.63) is 11.8 Å². The van der Waals surface area contributed by atoms with E-state index < -0.39 is 11.5 Å². The summed E-state index contributed by atoms with van der Waals surface area (Å²) < 4.78 is 10.9. The molecule has 0 saturated carbocycles. The molecule has 2 N–H and O–H groups in total. The zero-order valence-electron chi connectivity index (χ0n) is 13.2. The van der Waals surface area contributed by atoms with Gasteiger partial charge in [-0.1, -0.05) is 13.8 Å². The molecule has 0 spiro atoms. The van der Waals surface area contributed by atoms with E-state index in [9.17, 15) is 9.59 Å². The molecule has 2 amide bonds. The first-order valence-electron chi connectivity index (χ1n) is 7.36. The Morgan fingerprint density at radius 1 is 1.41 bits per heavy atom. The molecule has 1 aliphatic heterocycles. The van der Waals surface area contributed by atoms with Crippen LogP contribution in [0.1, 0.15) is 44.9 Å². The molecule has 1 saturated heterocycles. The smallest absolute Gasteiger partial charge is 0.251 e. The Morgan fingerprint density at radius 3 is 2.73 bits per heavy atom. The fourth-order valence-corrected chi connectivity index (χ4v) is 2.20. The number of carbonyl (C=O) groups is 2. The summed E-state index contributed by atoms with van der Waals surface area (Å²) in [5.74, 6) is 0.522. The van der Waals surface area contributed by atoms with Crippen LogP contribution < -0.4 is 5.73 Å². The molecule has 1 aromatic heterocycles. The van der Waals surface area contributed by atoms with E-state index in [1.807, 2.05) is 13.8 Å². The molecule has 1 aromatic rings. The van der Waals surface area contributed by atoms with Crippen LogP contribution in [0.25, 0.3) is 0 Å². The van der Waals surface area contributed by atoms with Gasteiger partial charge in [0.1, 0.15) is 0 Å². The molecule has 1 atom stereocenters. The number of primary amides is 1. The van der Waals surface area contributed by atoms with Crippen LogP contribution >= 0.6 is 0 Å². The third-order valence-electron chi connectivity index (χ3n) is 3.68. The third-order valence-corrected chi connectivity index (χ3v) is 3.68. The number of nitrogens with two attached hydrogens (primary N) is 1. The fourth-order valence-electron chi connectivity index (χ4n) is 2.20. The minimum atomic E-state index is -1.12. The van der Waals surface area contributed by atoms with Crippen molar-refractivity contribution in [2.75, 3.05) is 19.7 Å². The van der Waals surface area contributed by atoms with Crippen LogP contribution in [-0.2, 0) is 20.7 Å². The normalized spacial score (nSPS) is 22.1. The first kappa shape index (κ1) is 16.4. The number of rotatable bonds is 5. The fraction of sp³-hybridized carbons (Fsp3) is 0.714. The van der Waals surface area contributed by atoms with Gasteiger partial charge in [0.15, 0.2) is 5.60 Å². The quantitative estimate of drug-likeness (QED) is 0.833. The second-order valence-corrected chi connectivity index (χ2v) is 5.95. The number of carbonyl (C=O) groups excluding carboxylic acids is 2. The summed E-state index contributed by atoms with van der Waals surface area (Å²) >= 11 is 0. The zero-order valence-corrected chi connectivity index (χ0v) is 13.2. The van der Waals surface area contributed by atoms with Gasteiger partial charge < -0.3 is 19.8 Å². The molecular weight excluding hydrogens is 288 g/mol. The number of aromatic nitrogens is 2. The van der Waals surface area contributed by atoms with E-state index in [-0.39, 0.29) is 24.8 Å². The maximum absolute atomic E-state index is 12.3. The van der Waals surface area contributed by atoms with Crippen molar-refractivity contribution >= 4 is 11.8 Å². The lowest BCUT2D eigenvalue weighted by atomic mass is 10.0. The summed E-state index contributed by atoms with van der Waals surface area (Å²) in [6.07, 6.45) is 0.623. The van der Waals surface area contributed by atoms with E-state index in [4.69, 9.17) is 14.9 Å². The molecule has 0 unspecified atom stereocenters. The summed E-state index contributed by atoms with van der Waals surface area (Å²) in [6, 6.07) is 0. The molecule has 0 radical (unpaired) electrons. The maximum atomic E-state index is 12.3. The highest BCUT2D eigenvalue weighted by Crippen LogP contribution is 2.18. The predicted octanol–water partition coefficient (Wildman–Crippen LogP) is 0.228. The zero-order chi connectivity index (χ0) is 16.3. The van der Waals surface area contributed by atoms with Gasteiger partial charge >= 0.3 is 0 Å². The Bertz CT molecular complexity index is 557. The molecule has 1 fully saturated rings. The lowest BCUT2D eigenvalue weighted by molar-refractivity contribution is -0.160. The summed E-state index contributed by atoms with van der Waals surface area (Å²) in [5.41, 5.74) is 4.20. The molecule has 1 aliphatic rings. The van der Waals surface area contributed by atoms with Gasteiger partial charge in [0.2, 0.25) is 17.7 Å². The molecule has 122 valence electrons. The summed E-state index contributed by atoms with van der Waals surface area (Å²) in [6.45, 7) is 6.43. The van der Waals surface area contributed by atoms with Crippen molar-refractivity contribution in [1.82, 2.24) is 15.1 Å².